The van der Waals surface area contributed by atoms with E-state index in [1.54, 1.807) is 7.11 Å². The lowest BCUT2D eigenvalue weighted by Gasteiger charge is -2.23. The fourth-order valence-corrected chi connectivity index (χ4v) is 4.94. The van der Waals surface area contributed by atoms with Gasteiger partial charge in [0, 0.05) is 30.2 Å². The van der Waals surface area contributed by atoms with E-state index >= 15 is 0 Å². The van der Waals surface area contributed by atoms with Crippen LogP contribution in [0.3, 0.4) is 0 Å². The van der Waals surface area contributed by atoms with Crippen LogP contribution in [0, 0.1) is 5.92 Å². The van der Waals surface area contributed by atoms with Gasteiger partial charge in [-0.25, -0.2) is 0 Å². The molecule has 3 aromatic rings. The molecule has 6 nitrogen and oxygen atoms in total. The van der Waals surface area contributed by atoms with Crippen molar-refractivity contribution in [3.8, 4) is 22.8 Å². The number of carbonyl (C=O) groups is 1. The number of carboxylic acids is 1. The maximum absolute atomic E-state index is 11.3. The summed E-state index contributed by atoms with van der Waals surface area (Å²) in [6.07, 6.45) is 1.60. The summed E-state index contributed by atoms with van der Waals surface area (Å²) in [6, 6.07) is 12.8. The van der Waals surface area contributed by atoms with E-state index in [1.165, 1.54) is 10.9 Å². The van der Waals surface area contributed by atoms with E-state index in [0.29, 0.717) is 19.6 Å². The molecule has 1 aromatic heterocycles. The monoisotopic (exact) mass is 419 g/mol. The Morgan fingerprint density at radius 3 is 2.84 bits per heavy atom. The zero-order chi connectivity index (χ0) is 21.7. The number of nitrogens with zero attached hydrogens (tertiary/aromatic N) is 2. The second kappa shape index (κ2) is 7.45. The fourth-order valence-electron chi connectivity index (χ4n) is 4.94. The van der Waals surface area contributed by atoms with Crippen molar-refractivity contribution >= 4 is 22.6 Å². The van der Waals surface area contributed by atoms with Crippen molar-refractivity contribution in [2.45, 2.75) is 26.4 Å². The number of anilines is 1. The summed E-state index contributed by atoms with van der Waals surface area (Å²) in [5, 5.41) is 10.5. The molecule has 1 fully saturated rings. The molecule has 2 aliphatic rings. The van der Waals surface area contributed by atoms with Crippen LogP contribution in [0.4, 0.5) is 5.69 Å². The largest absolute Gasteiger partial charge is 0.496 e. The molecule has 1 N–H and O–H groups in total. The van der Waals surface area contributed by atoms with Gasteiger partial charge < -0.3 is 19.5 Å². The zero-order valence-electron chi connectivity index (χ0n) is 18.1. The summed E-state index contributed by atoms with van der Waals surface area (Å²) in [6.45, 7) is 3.95. The zero-order valence-corrected chi connectivity index (χ0v) is 18.1. The SMILES string of the molecule is CCc1cc2cc3c([n+](C)c2cc1OC)-c1ccc(N2CCC(C(=O)O)C2)cc1OC3. The highest BCUT2D eigenvalue weighted by atomic mass is 16.5. The van der Waals surface area contributed by atoms with Crippen LogP contribution in [0.5, 0.6) is 11.5 Å². The molecule has 0 spiro atoms. The molecule has 0 amide bonds. The number of ether oxygens (including phenoxy) is 2. The lowest BCUT2D eigenvalue weighted by Crippen LogP contribution is -2.35. The minimum absolute atomic E-state index is 0.301. The maximum Gasteiger partial charge on any atom is 0.308 e. The van der Waals surface area contributed by atoms with E-state index in [4.69, 9.17) is 9.47 Å². The van der Waals surface area contributed by atoms with Crippen LogP contribution in [-0.4, -0.2) is 31.3 Å². The van der Waals surface area contributed by atoms with E-state index < -0.39 is 5.97 Å². The number of methoxy groups -OCH3 is 1. The van der Waals surface area contributed by atoms with Crippen molar-refractivity contribution in [2.24, 2.45) is 13.0 Å². The third kappa shape index (κ3) is 3.17. The topological polar surface area (TPSA) is 62.9 Å². The Morgan fingerprint density at radius 1 is 1.29 bits per heavy atom. The van der Waals surface area contributed by atoms with Crippen molar-refractivity contribution in [3.63, 3.8) is 0 Å². The van der Waals surface area contributed by atoms with Gasteiger partial charge in [-0.05, 0) is 42.7 Å². The number of carboxylic acid groups (broad SMARTS) is 1. The summed E-state index contributed by atoms with van der Waals surface area (Å²) in [5.41, 5.74) is 6.70. The minimum atomic E-state index is -0.716. The molecule has 0 radical (unpaired) electrons. The molecule has 1 saturated heterocycles. The highest BCUT2D eigenvalue weighted by Gasteiger charge is 2.31. The molecule has 6 heteroatoms. The normalized spacial score (nSPS) is 17.3. The standard InChI is InChI=1S/C25H26N2O4/c1-4-15-9-17-10-18-14-31-23-11-19(27-8-7-16(13-27)25(28)29)5-6-20(23)24(18)26(2)21(17)12-22(15)30-3/h5-6,9-12,16H,4,7-8,13-14H2,1-3H3/p+1. The summed E-state index contributed by atoms with van der Waals surface area (Å²) >= 11 is 0. The lowest BCUT2D eigenvalue weighted by atomic mass is 9.98. The first-order chi connectivity index (χ1) is 15.0. The van der Waals surface area contributed by atoms with Gasteiger partial charge in [-0.1, -0.05) is 6.92 Å². The third-order valence-corrected chi connectivity index (χ3v) is 6.65. The van der Waals surface area contributed by atoms with Gasteiger partial charge >= 0.3 is 5.97 Å². The van der Waals surface area contributed by atoms with Gasteiger partial charge in [-0.2, -0.15) is 4.57 Å². The number of rotatable bonds is 4. The molecule has 1 unspecified atom stereocenters. The van der Waals surface area contributed by atoms with Crippen molar-refractivity contribution in [3.05, 3.63) is 47.5 Å². The molecule has 160 valence electrons. The second-order valence-corrected chi connectivity index (χ2v) is 8.39. The van der Waals surface area contributed by atoms with Crippen LogP contribution in [0.15, 0.2) is 36.4 Å². The average Bonchev–Trinajstić information content (AvgIpc) is 3.28. The Kier molecular flexibility index (Phi) is 4.73. The van der Waals surface area contributed by atoms with Crippen molar-refractivity contribution in [1.29, 1.82) is 0 Å². The summed E-state index contributed by atoms with van der Waals surface area (Å²) in [7, 11) is 3.81. The number of hydrogen-bond acceptors (Lipinski definition) is 4. The van der Waals surface area contributed by atoms with Gasteiger partial charge in [0.15, 0.2) is 0 Å². The number of aryl methyl sites for hydroxylation is 2. The summed E-state index contributed by atoms with van der Waals surface area (Å²) in [5.74, 6) is 0.738. The first-order valence-electron chi connectivity index (χ1n) is 10.8. The molecule has 3 heterocycles. The van der Waals surface area contributed by atoms with Crippen molar-refractivity contribution < 1.29 is 23.9 Å². The number of aromatic nitrogens is 1. The molecule has 0 saturated carbocycles. The fraction of sp³-hybridized carbons (Fsp3) is 0.360. The molecule has 2 aliphatic heterocycles. The Bertz CT molecular complexity index is 1200. The van der Waals surface area contributed by atoms with Gasteiger partial charge in [-0.3, -0.25) is 4.79 Å². The van der Waals surface area contributed by atoms with E-state index in [2.05, 4.69) is 53.8 Å². The lowest BCUT2D eigenvalue weighted by molar-refractivity contribution is -0.634. The van der Waals surface area contributed by atoms with E-state index in [0.717, 1.165) is 52.5 Å². The van der Waals surface area contributed by atoms with E-state index in [9.17, 15) is 9.90 Å². The van der Waals surface area contributed by atoms with Crippen LogP contribution >= 0.6 is 0 Å². The van der Waals surface area contributed by atoms with E-state index in [1.807, 2.05) is 6.07 Å². The Labute approximate surface area is 181 Å². The average molecular weight is 420 g/mol. The quantitative estimate of drug-likeness (QED) is 0.654. The Hall–Kier alpha value is -3.28. The van der Waals surface area contributed by atoms with Gasteiger partial charge in [0.2, 0.25) is 11.2 Å². The highest BCUT2D eigenvalue weighted by Crippen LogP contribution is 2.40. The number of benzene rings is 2. The maximum atomic E-state index is 11.3. The van der Waals surface area contributed by atoms with Gasteiger partial charge in [0.1, 0.15) is 25.2 Å². The molecule has 31 heavy (non-hydrogen) atoms. The minimum Gasteiger partial charge on any atom is -0.496 e. The van der Waals surface area contributed by atoms with Crippen LogP contribution < -0.4 is 18.9 Å². The predicted molar refractivity (Wildman–Crippen MR) is 119 cm³/mol. The van der Waals surface area contributed by atoms with Crippen LogP contribution in [0.25, 0.3) is 22.2 Å². The number of aliphatic carboxylic acids is 1. The number of pyridine rings is 1. The molecule has 0 aliphatic carbocycles. The first kappa shape index (κ1) is 19.7. The predicted octanol–water partition coefficient (Wildman–Crippen LogP) is 3.71. The third-order valence-electron chi connectivity index (χ3n) is 6.65. The first-order valence-corrected chi connectivity index (χ1v) is 10.8. The van der Waals surface area contributed by atoms with E-state index in [-0.39, 0.29) is 5.92 Å². The smallest absolute Gasteiger partial charge is 0.308 e. The molecular formula is C25H27N2O4+. The molecule has 1 atom stereocenters. The van der Waals surface area contributed by atoms with Crippen molar-refractivity contribution in [1.82, 2.24) is 0 Å². The van der Waals surface area contributed by atoms with Crippen molar-refractivity contribution in [2.75, 3.05) is 25.1 Å². The molecule has 0 bridgehead atoms. The van der Waals surface area contributed by atoms with Gasteiger partial charge in [-0.15, -0.1) is 0 Å². The molecule has 5 rings (SSSR count). The molecule has 2 aromatic carbocycles. The van der Waals surface area contributed by atoms with Gasteiger partial charge in [0.05, 0.1) is 30.2 Å². The van der Waals surface area contributed by atoms with Crippen LogP contribution in [0.2, 0.25) is 0 Å². The van der Waals surface area contributed by atoms with Crippen LogP contribution in [0.1, 0.15) is 24.5 Å². The molecular weight excluding hydrogens is 392 g/mol. The number of hydrogen-bond donors (Lipinski definition) is 1. The summed E-state index contributed by atoms with van der Waals surface area (Å²) in [4.78, 5) is 13.5. The Balaban J connectivity index is 1.58. The number of fused-ring (bicyclic) bond motifs is 4. The summed E-state index contributed by atoms with van der Waals surface area (Å²) < 4.78 is 14.0. The Morgan fingerprint density at radius 2 is 2.13 bits per heavy atom. The highest BCUT2D eigenvalue weighted by molar-refractivity contribution is 5.84. The van der Waals surface area contributed by atoms with Crippen LogP contribution in [-0.2, 0) is 24.9 Å². The second-order valence-electron chi connectivity index (χ2n) is 8.39. The van der Waals surface area contributed by atoms with Gasteiger partial charge in [0.25, 0.3) is 0 Å².